The number of aryl methyl sites for hydroxylation is 2. The molecule has 2 amide bonds. The number of carbonyl (C=O) groups excluding carboxylic acids is 4. The molecular formula is C22H22N2O5. The fourth-order valence-electron chi connectivity index (χ4n) is 3.02. The lowest BCUT2D eigenvalue weighted by Crippen LogP contribution is -2.43. The van der Waals surface area contributed by atoms with Crippen LogP contribution < -0.4 is 5.43 Å². The summed E-state index contributed by atoms with van der Waals surface area (Å²) in [6.45, 7) is 3.40. The van der Waals surface area contributed by atoms with Gasteiger partial charge in [-0.3, -0.25) is 29.6 Å². The van der Waals surface area contributed by atoms with E-state index in [1.807, 2.05) is 19.9 Å². The van der Waals surface area contributed by atoms with Gasteiger partial charge in [0.2, 0.25) is 5.91 Å². The first-order valence-corrected chi connectivity index (χ1v) is 9.28. The third kappa shape index (κ3) is 5.07. The first-order valence-electron chi connectivity index (χ1n) is 9.28. The molecule has 0 bridgehead atoms. The minimum absolute atomic E-state index is 0.00788. The molecule has 2 aromatic rings. The molecule has 7 heteroatoms. The summed E-state index contributed by atoms with van der Waals surface area (Å²) < 4.78 is 5.09. The zero-order valence-corrected chi connectivity index (χ0v) is 16.3. The van der Waals surface area contributed by atoms with E-state index in [0.717, 1.165) is 16.1 Å². The Morgan fingerprint density at radius 2 is 1.76 bits per heavy atom. The van der Waals surface area contributed by atoms with Crippen LogP contribution in [0.5, 0.6) is 0 Å². The molecule has 3 rings (SSSR count). The predicted octanol–water partition coefficient (Wildman–Crippen LogP) is 2.22. The first kappa shape index (κ1) is 20.3. The van der Waals surface area contributed by atoms with Gasteiger partial charge in [-0.15, -0.1) is 0 Å². The monoisotopic (exact) mass is 394 g/mol. The summed E-state index contributed by atoms with van der Waals surface area (Å²) in [6.07, 6.45) is -0.0777. The molecule has 0 radical (unpaired) electrons. The van der Waals surface area contributed by atoms with E-state index in [9.17, 15) is 19.2 Å². The molecule has 1 saturated heterocycles. The van der Waals surface area contributed by atoms with Crippen molar-refractivity contribution < 1.29 is 23.9 Å². The van der Waals surface area contributed by atoms with Crippen LogP contribution >= 0.6 is 0 Å². The lowest BCUT2D eigenvalue weighted by atomic mass is 10.1. The molecule has 1 heterocycles. The molecule has 0 aromatic heterocycles. The summed E-state index contributed by atoms with van der Waals surface area (Å²) in [5, 5.41) is 1.12. The Hall–Kier alpha value is -3.48. The van der Waals surface area contributed by atoms with Gasteiger partial charge in [0.05, 0.1) is 12.5 Å². The Labute approximate surface area is 168 Å². The number of nitrogens with zero attached hydrogens (tertiary/aromatic N) is 1. The maximum absolute atomic E-state index is 12.3. The normalized spacial score (nSPS) is 15.9. The topological polar surface area (TPSA) is 92.8 Å². The van der Waals surface area contributed by atoms with E-state index >= 15 is 0 Å². The molecule has 1 N–H and O–H groups in total. The molecule has 2 aromatic carbocycles. The van der Waals surface area contributed by atoms with Gasteiger partial charge in [-0.25, -0.2) is 0 Å². The van der Waals surface area contributed by atoms with Crippen molar-refractivity contribution in [2.45, 2.75) is 20.3 Å². The number of ether oxygens (including phenoxy) is 1. The SMILES string of the molecule is Cc1ccc(C(=O)COC(=O)[C@H]2CC(=O)N(NC(=O)c3cccc(C)c3)C2)cc1. The number of ketones is 1. The fraction of sp³-hybridized carbons (Fsp3) is 0.273. The van der Waals surface area contributed by atoms with E-state index in [-0.39, 0.29) is 31.3 Å². The lowest BCUT2D eigenvalue weighted by Gasteiger charge is -2.17. The van der Waals surface area contributed by atoms with Crippen LogP contribution in [0, 0.1) is 19.8 Å². The number of Topliss-reactive ketones (excluding diaryl/α,β-unsaturated/α-hetero) is 1. The third-order valence-corrected chi connectivity index (χ3v) is 4.69. The number of benzene rings is 2. The average Bonchev–Trinajstić information content (AvgIpc) is 3.07. The van der Waals surface area contributed by atoms with Crippen molar-refractivity contribution in [2.75, 3.05) is 13.2 Å². The van der Waals surface area contributed by atoms with E-state index in [4.69, 9.17) is 4.74 Å². The van der Waals surface area contributed by atoms with Crippen LogP contribution in [0.25, 0.3) is 0 Å². The molecule has 1 fully saturated rings. The van der Waals surface area contributed by atoms with Gasteiger partial charge in [-0.05, 0) is 26.0 Å². The van der Waals surface area contributed by atoms with Crippen molar-refractivity contribution in [1.82, 2.24) is 10.4 Å². The summed E-state index contributed by atoms with van der Waals surface area (Å²) >= 11 is 0. The predicted molar refractivity (Wildman–Crippen MR) is 105 cm³/mol. The number of hydrazine groups is 1. The van der Waals surface area contributed by atoms with Gasteiger partial charge >= 0.3 is 5.97 Å². The molecular weight excluding hydrogens is 372 g/mol. The quantitative estimate of drug-likeness (QED) is 0.599. The number of amides is 2. The third-order valence-electron chi connectivity index (χ3n) is 4.69. The largest absolute Gasteiger partial charge is 0.457 e. The van der Waals surface area contributed by atoms with Crippen molar-refractivity contribution in [3.8, 4) is 0 Å². The van der Waals surface area contributed by atoms with Crippen LogP contribution in [-0.4, -0.2) is 41.7 Å². The highest BCUT2D eigenvalue weighted by Gasteiger charge is 2.36. The molecule has 150 valence electrons. The van der Waals surface area contributed by atoms with Crippen LogP contribution in [0.1, 0.15) is 38.3 Å². The van der Waals surface area contributed by atoms with Crippen LogP contribution in [0.4, 0.5) is 0 Å². The Bertz CT molecular complexity index is 952. The number of esters is 1. The number of rotatable bonds is 6. The second kappa shape index (κ2) is 8.68. The molecule has 1 aliphatic rings. The van der Waals surface area contributed by atoms with Gasteiger partial charge in [-0.2, -0.15) is 0 Å². The Kier molecular flexibility index (Phi) is 6.07. The number of hydrogen-bond donors (Lipinski definition) is 1. The van der Waals surface area contributed by atoms with E-state index < -0.39 is 17.8 Å². The highest BCUT2D eigenvalue weighted by atomic mass is 16.5. The van der Waals surface area contributed by atoms with E-state index in [1.54, 1.807) is 42.5 Å². The van der Waals surface area contributed by atoms with Crippen LogP contribution in [0.15, 0.2) is 48.5 Å². The van der Waals surface area contributed by atoms with Gasteiger partial charge in [0.15, 0.2) is 12.4 Å². The summed E-state index contributed by atoms with van der Waals surface area (Å²) in [6, 6.07) is 13.9. The molecule has 0 unspecified atom stereocenters. The summed E-state index contributed by atoms with van der Waals surface area (Å²) in [7, 11) is 0. The molecule has 1 atom stereocenters. The summed E-state index contributed by atoms with van der Waals surface area (Å²) in [5.74, 6) is -2.48. The smallest absolute Gasteiger partial charge is 0.311 e. The fourth-order valence-corrected chi connectivity index (χ4v) is 3.02. The van der Waals surface area contributed by atoms with Crippen LogP contribution in [0.2, 0.25) is 0 Å². The van der Waals surface area contributed by atoms with E-state index in [0.29, 0.717) is 11.1 Å². The minimum Gasteiger partial charge on any atom is -0.457 e. The van der Waals surface area contributed by atoms with E-state index in [1.165, 1.54) is 0 Å². The maximum atomic E-state index is 12.3. The van der Waals surface area contributed by atoms with Crippen molar-refractivity contribution in [1.29, 1.82) is 0 Å². The number of nitrogens with one attached hydrogen (secondary N) is 1. The zero-order chi connectivity index (χ0) is 21.0. The van der Waals surface area contributed by atoms with Gasteiger partial charge in [0.25, 0.3) is 5.91 Å². The molecule has 0 spiro atoms. The first-order chi connectivity index (χ1) is 13.8. The maximum Gasteiger partial charge on any atom is 0.311 e. The van der Waals surface area contributed by atoms with Crippen molar-refractivity contribution in [3.63, 3.8) is 0 Å². The lowest BCUT2D eigenvalue weighted by molar-refractivity contribution is -0.147. The molecule has 0 aliphatic carbocycles. The standard InChI is InChI=1S/C22H22N2O5/c1-14-6-8-16(9-7-14)19(25)13-29-22(28)18-11-20(26)24(12-18)23-21(27)17-5-3-4-15(2)10-17/h3-10,18H,11-13H2,1-2H3,(H,23,27)/t18-/m0/s1. The van der Waals surface area contributed by atoms with Crippen LogP contribution in [-0.2, 0) is 14.3 Å². The second-order valence-corrected chi connectivity index (χ2v) is 7.11. The second-order valence-electron chi connectivity index (χ2n) is 7.11. The van der Waals surface area contributed by atoms with Gasteiger partial charge in [-0.1, -0.05) is 47.5 Å². The summed E-state index contributed by atoms with van der Waals surface area (Å²) in [4.78, 5) is 48.8. The van der Waals surface area contributed by atoms with Crippen molar-refractivity contribution >= 4 is 23.6 Å². The van der Waals surface area contributed by atoms with Gasteiger partial charge < -0.3 is 4.74 Å². The number of hydrogen-bond acceptors (Lipinski definition) is 5. The van der Waals surface area contributed by atoms with E-state index in [2.05, 4.69) is 5.43 Å². The average molecular weight is 394 g/mol. The van der Waals surface area contributed by atoms with Crippen molar-refractivity contribution in [3.05, 3.63) is 70.8 Å². The van der Waals surface area contributed by atoms with Crippen LogP contribution in [0.3, 0.4) is 0 Å². The molecule has 0 saturated carbocycles. The molecule has 29 heavy (non-hydrogen) atoms. The van der Waals surface area contributed by atoms with Gasteiger partial charge in [0.1, 0.15) is 0 Å². The minimum atomic E-state index is -0.730. The molecule has 7 nitrogen and oxygen atoms in total. The highest BCUT2D eigenvalue weighted by Crippen LogP contribution is 2.18. The highest BCUT2D eigenvalue weighted by molar-refractivity contribution is 5.99. The summed E-state index contributed by atoms with van der Waals surface area (Å²) in [5.41, 5.74) is 5.35. The Morgan fingerprint density at radius 1 is 1.03 bits per heavy atom. The molecule has 1 aliphatic heterocycles. The Balaban J connectivity index is 1.52. The van der Waals surface area contributed by atoms with Crippen molar-refractivity contribution in [2.24, 2.45) is 5.92 Å². The zero-order valence-electron chi connectivity index (χ0n) is 16.3. The number of carbonyl (C=O) groups is 4. The Morgan fingerprint density at radius 3 is 2.45 bits per heavy atom. The van der Waals surface area contributed by atoms with Gasteiger partial charge in [0, 0.05) is 17.5 Å².